The molecule has 27 heavy (non-hydrogen) atoms. The van der Waals surface area contributed by atoms with E-state index >= 15 is 0 Å². The summed E-state index contributed by atoms with van der Waals surface area (Å²) in [6, 6.07) is 20.8. The van der Waals surface area contributed by atoms with E-state index < -0.39 is 11.0 Å². The molecule has 2 amide bonds. The highest BCUT2D eigenvalue weighted by atomic mass is 16.6. The summed E-state index contributed by atoms with van der Waals surface area (Å²) in [5.41, 5.74) is 3.52. The molecule has 0 saturated heterocycles. The van der Waals surface area contributed by atoms with Crippen molar-refractivity contribution in [1.29, 1.82) is 0 Å². The van der Waals surface area contributed by atoms with Crippen LogP contribution in [0.5, 0.6) is 0 Å². The Morgan fingerprint density at radius 2 is 1.48 bits per heavy atom. The molecule has 0 atom stereocenters. The van der Waals surface area contributed by atoms with E-state index in [2.05, 4.69) is 16.0 Å². The van der Waals surface area contributed by atoms with Gasteiger partial charge >= 0.3 is 6.03 Å². The number of para-hydroxylation sites is 1. The van der Waals surface area contributed by atoms with Gasteiger partial charge in [-0.25, -0.2) is 4.79 Å². The molecule has 136 valence electrons. The second-order valence-corrected chi connectivity index (χ2v) is 5.90. The maximum atomic E-state index is 12.2. The van der Waals surface area contributed by atoms with E-state index in [1.54, 1.807) is 25.1 Å². The Kier molecular flexibility index (Phi) is 5.32. The van der Waals surface area contributed by atoms with E-state index in [4.69, 9.17) is 0 Å². The number of carbonyl (C=O) groups excluding carboxylic acids is 1. The van der Waals surface area contributed by atoms with E-state index in [9.17, 15) is 14.9 Å². The molecule has 0 heterocycles. The van der Waals surface area contributed by atoms with Crippen LogP contribution in [-0.4, -0.2) is 11.0 Å². The average molecular weight is 362 g/mol. The normalized spacial score (nSPS) is 10.1. The van der Waals surface area contributed by atoms with Crippen molar-refractivity contribution in [3.63, 3.8) is 0 Å². The number of non-ortho nitro benzene ring substituents is 1. The number of aryl methyl sites for hydroxylation is 1. The Bertz CT molecular complexity index is 957. The van der Waals surface area contributed by atoms with E-state index in [1.165, 1.54) is 12.1 Å². The van der Waals surface area contributed by atoms with Crippen molar-refractivity contribution in [2.24, 2.45) is 0 Å². The number of anilines is 4. The molecule has 0 unspecified atom stereocenters. The number of rotatable bonds is 5. The maximum Gasteiger partial charge on any atom is 0.323 e. The summed E-state index contributed by atoms with van der Waals surface area (Å²) in [7, 11) is 0. The highest BCUT2D eigenvalue weighted by Gasteiger charge is 2.11. The van der Waals surface area contributed by atoms with Crippen molar-refractivity contribution in [1.82, 2.24) is 0 Å². The van der Waals surface area contributed by atoms with Gasteiger partial charge in [0.1, 0.15) is 0 Å². The number of urea groups is 1. The Morgan fingerprint density at radius 1 is 0.852 bits per heavy atom. The molecule has 0 radical (unpaired) electrons. The van der Waals surface area contributed by atoms with Crippen molar-refractivity contribution >= 4 is 34.5 Å². The molecule has 0 spiro atoms. The number of hydrogen-bond donors (Lipinski definition) is 3. The quantitative estimate of drug-likeness (QED) is 0.424. The lowest BCUT2D eigenvalue weighted by Gasteiger charge is -2.11. The fourth-order valence-electron chi connectivity index (χ4n) is 2.47. The Morgan fingerprint density at radius 3 is 2.15 bits per heavy atom. The summed E-state index contributed by atoms with van der Waals surface area (Å²) in [6.07, 6.45) is 0. The number of carbonyl (C=O) groups is 1. The number of nitro benzene ring substituents is 1. The van der Waals surface area contributed by atoms with Gasteiger partial charge in [-0.05, 0) is 48.9 Å². The Hall–Kier alpha value is -3.87. The van der Waals surface area contributed by atoms with Crippen LogP contribution in [0.15, 0.2) is 72.8 Å². The van der Waals surface area contributed by atoms with Gasteiger partial charge in [-0.2, -0.15) is 0 Å². The first-order chi connectivity index (χ1) is 13.0. The third-order valence-electron chi connectivity index (χ3n) is 3.89. The van der Waals surface area contributed by atoms with Crippen LogP contribution in [0.2, 0.25) is 0 Å². The summed E-state index contributed by atoms with van der Waals surface area (Å²) in [6.45, 7) is 1.77. The minimum Gasteiger partial charge on any atom is -0.356 e. The summed E-state index contributed by atoms with van der Waals surface area (Å²) < 4.78 is 0. The number of benzene rings is 3. The number of nitro groups is 1. The number of hydrogen-bond acceptors (Lipinski definition) is 4. The van der Waals surface area contributed by atoms with Gasteiger partial charge in [-0.1, -0.05) is 24.3 Å². The van der Waals surface area contributed by atoms with Gasteiger partial charge in [0.2, 0.25) is 0 Å². The number of nitrogens with zero attached hydrogens (tertiary/aromatic N) is 1. The highest BCUT2D eigenvalue weighted by molar-refractivity contribution is 6.00. The van der Waals surface area contributed by atoms with Gasteiger partial charge < -0.3 is 16.0 Å². The van der Waals surface area contributed by atoms with Gasteiger partial charge in [-0.3, -0.25) is 10.1 Å². The molecule has 0 aliphatic carbocycles. The van der Waals surface area contributed by atoms with Crippen LogP contribution in [0.1, 0.15) is 5.56 Å². The lowest BCUT2D eigenvalue weighted by molar-refractivity contribution is -0.384. The predicted molar refractivity (Wildman–Crippen MR) is 107 cm³/mol. The third-order valence-corrected chi connectivity index (χ3v) is 3.89. The van der Waals surface area contributed by atoms with Crippen LogP contribution < -0.4 is 16.0 Å². The van der Waals surface area contributed by atoms with Crippen LogP contribution in [0.25, 0.3) is 0 Å². The van der Waals surface area contributed by atoms with Crippen molar-refractivity contribution in [2.75, 3.05) is 16.0 Å². The second-order valence-electron chi connectivity index (χ2n) is 5.90. The van der Waals surface area contributed by atoms with Crippen LogP contribution in [-0.2, 0) is 0 Å². The fraction of sp³-hybridized carbons (Fsp3) is 0.0500. The highest BCUT2D eigenvalue weighted by Crippen LogP contribution is 2.23. The van der Waals surface area contributed by atoms with Gasteiger partial charge in [0.15, 0.2) is 0 Å². The minimum absolute atomic E-state index is 0.0766. The van der Waals surface area contributed by atoms with Crippen molar-refractivity contribution in [2.45, 2.75) is 6.92 Å². The van der Waals surface area contributed by atoms with Crippen LogP contribution in [0.4, 0.5) is 33.2 Å². The van der Waals surface area contributed by atoms with Gasteiger partial charge in [0.05, 0.1) is 10.6 Å². The predicted octanol–water partition coefficient (Wildman–Crippen LogP) is 5.29. The molecule has 3 aromatic carbocycles. The average Bonchev–Trinajstić information content (AvgIpc) is 2.66. The first kappa shape index (κ1) is 17.9. The van der Waals surface area contributed by atoms with Crippen molar-refractivity contribution in [3.8, 4) is 0 Å². The molecule has 0 saturated carbocycles. The Labute approximate surface area is 156 Å². The third kappa shape index (κ3) is 4.82. The maximum absolute atomic E-state index is 12.2. The monoisotopic (exact) mass is 362 g/mol. The van der Waals surface area contributed by atoms with E-state index in [-0.39, 0.29) is 5.69 Å². The fourth-order valence-corrected chi connectivity index (χ4v) is 2.47. The summed E-state index contributed by atoms with van der Waals surface area (Å²) in [5.74, 6) is 0. The minimum atomic E-state index is -0.499. The molecular weight excluding hydrogens is 344 g/mol. The first-order valence-electron chi connectivity index (χ1n) is 8.26. The zero-order chi connectivity index (χ0) is 19.2. The van der Waals surface area contributed by atoms with Crippen molar-refractivity contribution < 1.29 is 9.72 Å². The number of nitrogens with one attached hydrogen (secondary N) is 3. The molecule has 0 fully saturated rings. The summed E-state index contributed by atoms with van der Waals surface area (Å²) >= 11 is 0. The largest absolute Gasteiger partial charge is 0.356 e. The van der Waals surface area contributed by atoms with Crippen molar-refractivity contribution in [3.05, 3.63) is 88.5 Å². The first-order valence-corrected chi connectivity index (χ1v) is 8.26. The summed E-state index contributed by atoms with van der Waals surface area (Å²) in [4.78, 5) is 22.6. The zero-order valence-electron chi connectivity index (χ0n) is 14.6. The second kappa shape index (κ2) is 8.01. The van der Waals surface area contributed by atoms with Gasteiger partial charge in [-0.15, -0.1) is 0 Å². The lowest BCUT2D eigenvalue weighted by atomic mass is 10.2. The molecule has 0 aliphatic heterocycles. The van der Waals surface area contributed by atoms with Gasteiger partial charge in [0.25, 0.3) is 5.69 Å². The van der Waals surface area contributed by atoms with Crippen LogP contribution in [0.3, 0.4) is 0 Å². The van der Waals surface area contributed by atoms with Gasteiger partial charge in [0, 0.05) is 29.2 Å². The molecular formula is C20H18N4O3. The molecule has 0 bridgehead atoms. The molecule has 3 aromatic rings. The topological polar surface area (TPSA) is 96.3 Å². The van der Waals surface area contributed by atoms with E-state index in [0.29, 0.717) is 11.4 Å². The summed E-state index contributed by atoms with van der Waals surface area (Å²) in [5, 5.41) is 19.5. The smallest absolute Gasteiger partial charge is 0.323 e. The molecule has 3 N–H and O–H groups in total. The number of amides is 2. The van der Waals surface area contributed by atoms with E-state index in [0.717, 1.165) is 16.9 Å². The molecule has 7 nitrogen and oxygen atoms in total. The molecule has 0 aromatic heterocycles. The Balaban J connectivity index is 1.63. The zero-order valence-corrected chi connectivity index (χ0v) is 14.6. The lowest BCUT2D eigenvalue weighted by Crippen LogP contribution is -2.20. The standard InChI is InChI=1S/C20H18N4O3/c1-14-7-12-18(24(26)27)13-19(14)23-20(25)22-17-10-8-16(9-11-17)21-15-5-3-2-4-6-15/h2-13,21H,1H3,(H2,22,23,25). The van der Waals surface area contributed by atoms with E-state index in [1.807, 2.05) is 42.5 Å². The molecule has 3 rings (SSSR count). The SMILES string of the molecule is Cc1ccc([N+](=O)[O-])cc1NC(=O)Nc1ccc(Nc2ccccc2)cc1. The van der Waals surface area contributed by atoms with Crippen LogP contribution >= 0.6 is 0 Å². The van der Waals surface area contributed by atoms with Crippen LogP contribution in [0, 0.1) is 17.0 Å². The molecule has 7 heteroatoms. The molecule has 0 aliphatic rings.